The fraction of sp³-hybridized carbons (Fsp3) is 0.429. The van der Waals surface area contributed by atoms with Crippen LogP contribution in [0.15, 0.2) is 11.7 Å². The number of hydrogen-bond acceptors (Lipinski definition) is 6. The van der Waals surface area contributed by atoms with Gasteiger partial charge in [-0.3, -0.25) is 9.54 Å². The van der Waals surface area contributed by atoms with Crippen LogP contribution in [-0.4, -0.2) is 35.3 Å². The molecule has 0 radical (unpaired) electrons. The monoisotopic (exact) mass is 287 g/mol. The third-order valence-corrected chi connectivity index (χ3v) is 3.51. The fourth-order valence-electron chi connectivity index (χ4n) is 0.814. The van der Waals surface area contributed by atoms with Crippen molar-refractivity contribution in [2.24, 2.45) is 0 Å². The predicted octanol–water partition coefficient (Wildman–Crippen LogP) is 1.17. The van der Waals surface area contributed by atoms with E-state index >= 15 is 0 Å². The van der Waals surface area contributed by atoms with Gasteiger partial charge in [-0.05, 0) is 6.92 Å². The van der Waals surface area contributed by atoms with Crippen LogP contribution in [0, 0.1) is 0 Å². The summed E-state index contributed by atoms with van der Waals surface area (Å²) in [5, 5.41) is -4.56. The summed E-state index contributed by atoms with van der Waals surface area (Å²) >= 11 is 0.849. The van der Waals surface area contributed by atoms with Crippen LogP contribution in [-0.2, 0) is 14.9 Å². The number of carbonyl (C=O) groups is 1. The molecule has 0 bridgehead atoms. The van der Waals surface area contributed by atoms with E-state index in [0.717, 1.165) is 17.5 Å². The van der Waals surface area contributed by atoms with E-state index in [-0.39, 0.29) is 4.88 Å². The highest BCUT2D eigenvalue weighted by Gasteiger charge is 2.52. The van der Waals surface area contributed by atoms with Crippen molar-refractivity contribution in [2.75, 3.05) is 0 Å². The van der Waals surface area contributed by atoms with Crippen molar-refractivity contribution in [3.05, 3.63) is 16.6 Å². The minimum absolute atomic E-state index is 0.0528. The Hall–Kier alpha value is -1.13. The van der Waals surface area contributed by atoms with Crippen molar-refractivity contribution < 1.29 is 31.3 Å². The van der Waals surface area contributed by atoms with Gasteiger partial charge >= 0.3 is 21.3 Å². The average molecular weight is 287 g/mol. The molecule has 6 nitrogen and oxygen atoms in total. The summed E-state index contributed by atoms with van der Waals surface area (Å²) in [5.74, 6) is -1.14. The first-order valence-electron chi connectivity index (χ1n) is 4.10. The summed E-state index contributed by atoms with van der Waals surface area (Å²) in [4.78, 5) is 14.7. The van der Waals surface area contributed by atoms with Crippen LogP contribution in [0.2, 0.25) is 0 Å². The predicted molar refractivity (Wildman–Crippen MR) is 53.5 cm³/mol. The molecule has 96 valence electrons. The molecule has 0 saturated heterocycles. The van der Waals surface area contributed by atoms with Crippen LogP contribution < -0.4 is 0 Å². The quantitative estimate of drug-likeness (QED) is 0.660. The lowest BCUT2D eigenvalue weighted by atomic mass is 10.4. The molecule has 1 N–H and O–H groups in total. The topological polar surface area (TPSA) is 93.6 Å². The Kier molecular flexibility index (Phi) is 3.79. The molecule has 0 spiro atoms. The van der Waals surface area contributed by atoms with Crippen molar-refractivity contribution in [2.45, 2.75) is 18.3 Å². The SMILES string of the molecule is CC(OC(=O)c1cncs1)C(F)(F)S(=O)(=O)O. The Morgan fingerprint density at radius 1 is 1.65 bits per heavy atom. The van der Waals surface area contributed by atoms with Gasteiger partial charge in [-0.15, -0.1) is 11.3 Å². The molecule has 17 heavy (non-hydrogen) atoms. The van der Waals surface area contributed by atoms with E-state index < -0.39 is 27.4 Å². The minimum Gasteiger partial charge on any atom is -0.451 e. The van der Waals surface area contributed by atoms with Gasteiger partial charge in [-0.25, -0.2) is 4.79 Å². The number of carbonyl (C=O) groups excluding carboxylic acids is 1. The van der Waals surface area contributed by atoms with Gasteiger partial charge in [0.1, 0.15) is 4.88 Å². The second kappa shape index (κ2) is 4.63. The molecule has 1 heterocycles. The summed E-state index contributed by atoms with van der Waals surface area (Å²) in [6.45, 7) is 0.659. The second-order valence-corrected chi connectivity index (χ2v) is 5.33. The summed E-state index contributed by atoms with van der Waals surface area (Å²) in [5.41, 5.74) is 1.28. The van der Waals surface area contributed by atoms with Crippen molar-refractivity contribution in [3.63, 3.8) is 0 Å². The largest absolute Gasteiger partial charge is 0.451 e. The van der Waals surface area contributed by atoms with Crippen molar-refractivity contribution in [1.29, 1.82) is 0 Å². The number of ether oxygens (including phenoxy) is 1. The van der Waals surface area contributed by atoms with Crippen molar-refractivity contribution in [3.8, 4) is 0 Å². The highest BCUT2D eigenvalue weighted by Crippen LogP contribution is 2.27. The summed E-state index contributed by atoms with van der Waals surface area (Å²) < 4.78 is 59.2. The van der Waals surface area contributed by atoms with E-state index in [1.807, 2.05) is 0 Å². The molecule has 0 aliphatic heterocycles. The maximum absolute atomic E-state index is 13.0. The van der Waals surface area contributed by atoms with Crippen LogP contribution in [0.25, 0.3) is 0 Å². The zero-order chi connectivity index (χ0) is 13.3. The Morgan fingerprint density at radius 3 is 2.65 bits per heavy atom. The van der Waals surface area contributed by atoms with Gasteiger partial charge in [0.25, 0.3) is 0 Å². The normalized spacial score (nSPS) is 14.4. The lowest BCUT2D eigenvalue weighted by Gasteiger charge is -2.20. The maximum Gasteiger partial charge on any atom is 0.405 e. The van der Waals surface area contributed by atoms with Crippen LogP contribution in [0.1, 0.15) is 16.6 Å². The molecule has 0 fully saturated rings. The standard InChI is InChI=1S/C7H7F2NO5S2/c1-4(7(8,9)17(12,13)14)15-6(11)5-2-10-3-16-5/h2-4H,1H3,(H,12,13,14). The number of thiazole rings is 1. The number of alkyl halides is 2. The number of aromatic nitrogens is 1. The highest BCUT2D eigenvalue weighted by molar-refractivity contribution is 7.86. The zero-order valence-electron chi connectivity index (χ0n) is 8.33. The van der Waals surface area contributed by atoms with Crippen LogP contribution in [0.4, 0.5) is 8.78 Å². The second-order valence-electron chi connectivity index (χ2n) is 2.95. The zero-order valence-corrected chi connectivity index (χ0v) is 9.96. The Bertz CT molecular complexity index is 498. The molecule has 10 heteroatoms. The molecule has 0 aliphatic rings. The number of halogens is 2. The fourth-order valence-corrected chi connectivity index (χ4v) is 1.78. The number of rotatable bonds is 4. The smallest absolute Gasteiger partial charge is 0.405 e. The number of esters is 1. The molecule has 1 rings (SSSR count). The van der Waals surface area contributed by atoms with Crippen molar-refractivity contribution >= 4 is 27.4 Å². The summed E-state index contributed by atoms with van der Waals surface area (Å²) in [6, 6.07) is 0. The lowest BCUT2D eigenvalue weighted by Crippen LogP contribution is -2.41. The molecule has 1 aromatic rings. The molecular weight excluding hydrogens is 280 g/mol. The van der Waals surface area contributed by atoms with E-state index in [2.05, 4.69) is 9.72 Å². The Labute approximate surface area is 99.0 Å². The Morgan fingerprint density at radius 2 is 2.24 bits per heavy atom. The van der Waals surface area contributed by atoms with Crippen LogP contribution in [0.5, 0.6) is 0 Å². The summed E-state index contributed by atoms with van der Waals surface area (Å²) in [7, 11) is -5.64. The first kappa shape index (κ1) is 13.9. The number of hydrogen-bond donors (Lipinski definition) is 1. The molecule has 1 aromatic heterocycles. The third-order valence-electron chi connectivity index (χ3n) is 1.73. The van der Waals surface area contributed by atoms with E-state index in [1.165, 1.54) is 5.51 Å². The van der Waals surface area contributed by atoms with E-state index in [4.69, 9.17) is 4.55 Å². The lowest BCUT2D eigenvalue weighted by molar-refractivity contribution is -0.0547. The molecule has 0 amide bonds. The molecular formula is C7H7F2NO5S2. The molecule has 0 saturated carbocycles. The van der Waals surface area contributed by atoms with Crippen LogP contribution in [0.3, 0.4) is 0 Å². The average Bonchev–Trinajstić information content (AvgIpc) is 2.68. The maximum atomic E-state index is 13.0. The van der Waals surface area contributed by atoms with Crippen molar-refractivity contribution in [1.82, 2.24) is 4.98 Å². The van der Waals surface area contributed by atoms with Gasteiger partial charge in [0.05, 0.1) is 11.7 Å². The van der Waals surface area contributed by atoms with Gasteiger partial charge in [0, 0.05) is 0 Å². The van der Waals surface area contributed by atoms with Gasteiger partial charge in [0.2, 0.25) is 0 Å². The highest BCUT2D eigenvalue weighted by atomic mass is 32.2. The minimum atomic E-state index is -5.64. The van der Waals surface area contributed by atoms with Gasteiger partial charge < -0.3 is 4.74 Å². The molecule has 1 unspecified atom stereocenters. The van der Waals surface area contributed by atoms with E-state index in [1.54, 1.807) is 0 Å². The third kappa shape index (κ3) is 2.96. The van der Waals surface area contributed by atoms with Crippen LogP contribution >= 0.6 is 11.3 Å². The number of nitrogens with zero attached hydrogens (tertiary/aromatic N) is 1. The van der Waals surface area contributed by atoms with Gasteiger partial charge in [-0.2, -0.15) is 17.2 Å². The van der Waals surface area contributed by atoms with E-state index in [0.29, 0.717) is 6.92 Å². The first-order chi connectivity index (χ1) is 7.66. The molecule has 0 aliphatic carbocycles. The van der Waals surface area contributed by atoms with Gasteiger partial charge in [-0.1, -0.05) is 0 Å². The van der Waals surface area contributed by atoms with E-state index in [9.17, 15) is 22.0 Å². The van der Waals surface area contributed by atoms with Gasteiger partial charge in [0.15, 0.2) is 6.10 Å². The molecule has 0 aromatic carbocycles. The Balaban J connectivity index is 2.80. The molecule has 1 atom stereocenters. The summed E-state index contributed by atoms with van der Waals surface area (Å²) in [6.07, 6.45) is -1.22. The first-order valence-corrected chi connectivity index (χ1v) is 6.42.